The van der Waals surface area contributed by atoms with Crippen LogP contribution in [0.25, 0.3) is 5.69 Å². The first-order valence-corrected chi connectivity index (χ1v) is 10.6. The molecule has 2 heterocycles. The summed E-state index contributed by atoms with van der Waals surface area (Å²) in [5.74, 6) is -1.81. The molecule has 2 aromatic heterocycles. The molecule has 0 saturated carbocycles. The highest BCUT2D eigenvalue weighted by atomic mass is 32.2. The quantitative estimate of drug-likeness (QED) is 0.258. The lowest BCUT2D eigenvalue weighted by atomic mass is 10.1. The van der Waals surface area contributed by atoms with Crippen molar-refractivity contribution >= 4 is 27.5 Å². The van der Waals surface area contributed by atoms with E-state index >= 15 is 0 Å². The Hall–Kier alpha value is -3.90. The van der Waals surface area contributed by atoms with Crippen molar-refractivity contribution in [3.8, 4) is 11.6 Å². The van der Waals surface area contributed by atoms with E-state index < -0.39 is 32.4 Å². The molecular weight excluding hydrogens is 440 g/mol. The van der Waals surface area contributed by atoms with E-state index in [1.807, 2.05) is 0 Å². The SMILES string of the molecule is Cc1cc(/N=N/c2c(O)[nH]c(=O)c(-[n+]3cccc(C(=O)O)c3)c2C)c(S(=O)(=O)O)cc1C. The molecule has 1 aromatic carbocycles. The number of carboxylic acids is 1. The van der Waals surface area contributed by atoms with E-state index in [1.165, 1.54) is 48.1 Å². The van der Waals surface area contributed by atoms with Crippen molar-refractivity contribution in [2.45, 2.75) is 25.7 Å². The summed E-state index contributed by atoms with van der Waals surface area (Å²) < 4.78 is 34.3. The lowest BCUT2D eigenvalue weighted by Crippen LogP contribution is -2.38. The molecule has 4 N–H and O–H groups in total. The van der Waals surface area contributed by atoms with Gasteiger partial charge in [0, 0.05) is 6.07 Å². The maximum Gasteiger partial charge on any atom is 0.341 e. The molecule has 0 bridgehead atoms. The summed E-state index contributed by atoms with van der Waals surface area (Å²) in [6.07, 6.45) is 2.67. The zero-order chi connectivity index (χ0) is 23.8. The number of benzene rings is 1. The Kier molecular flexibility index (Phi) is 5.92. The topological polar surface area (TPSA) is 173 Å². The van der Waals surface area contributed by atoms with Gasteiger partial charge in [-0.25, -0.2) is 4.79 Å². The zero-order valence-electron chi connectivity index (χ0n) is 17.2. The minimum Gasteiger partial charge on any atom is -0.493 e. The van der Waals surface area contributed by atoms with Gasteiger partial charge in [-0.2, -0.15) is 13.0 Å². The van der Waals surface area contributed by atoms with Crippen molar-refractivity contribution in [2.24, 2.45) is 10.2 Å². The molecule has 0 fully saturated rings. The number of pyridine rings is 2. The average Bonchev–Trinajstić information content (AvgIpc) is 2.69. The van der Waals surface area contributed by atoms with Gasteiger partial charge in [0.05, 0.1) is 5.56 Å². The maximum absolute atomic E-state index is 12.5. The van der Waals surface area contributed by atoms with Gasteiger partial charge in [-0.3, -0.25) is 14.3 Å². The summed E-state index contributed by atoms with van der Waals surface area (Å²) in [7, 11) is -4.60. The van der Waals surface area contributed by atoms with Crippen molar-refractivity contribution in [1.29, 1.82) is 0 Å². The molecule has 0 spiro atoms. The molecule has 0 radical (unpaired) electrons. The van der Waals surface area contributed by atoms with Crippen LogP contribution in [0.4, 0.5) is 11.4 Å². The first-order chi connectivity index (χ1) is 14.9. The number of aromatic amines is 1. The van der Waals surface area contributed by atoms with Crippen molar-refractivity contribution in [2.75, 3.05) is 0 Å². The first kappa shape index (κ1) is 22.8. The van der Waals surface area contributed by atoms with Crippen LogP contribution >= 0.6 is 0 Å². The molecule has 3 aromatic rings. The van der Waals surface area contributed by atoms with Gasteiger partial charge in [-0.1, -0.05) is 0 Å². The Balaban J connectivity index is 2.20. The van der Waals surface area contributed by atoms with Crippen LogP contribution in [0, 0.1) is 20.8 Å². The molecule has 12 heteroatoms. The Morgan fingerprint density at radius 2 is 1.78 bits per heavy atom. The molecular formula is C20H19N4O7S+. The lowest BCUT2D eigenvalue weighted by Gasteiger charge is -2.08. The Labute approximate surface area is 182 Å². The molecule has 0 aliphatic heterocycles. The van der Waals surface area contributed by atoms with Crippen LogP contribution in [0.2, 0.25) is 0 Å². The second-order valence-corrected chi connectivity index (χ2v) is 8.40. The maximum atomic E-state index is 12.5. The molecule has 3 rings (SSSR count). The molecule has 32 heavy (non-hydrogen) atoms. The van der Waals surface area contributed by atoms with E-state index in [0.29, 0.717) is 11.1 Å². The van der Waals surface area contributed by atoms with E-state index in [9.17, 15) is 32.8 Å². The smallest absolute Gasteiger partial charge is 0.341 e. The fourth-order valence-corrected chi connectivity index (χ4v) is 3.71. The molecule has 0 saturated heterocycles. The van der Waals surface area contributed by atoms with Crippen LogP contribution in [0.15, 0.2) is 56.6 Å². The number of carboxylic acid groups (broad SMARTS) is 1. The Morgan fingerprint density at radius 1 is 1.12 bits per heavy atom. The van der Waals surface area contributed by atoms with Crippen LogP contribution in [-0.2, 0) is 10.1 Å². The second-order valence-electron chi connectivity index (χ2n) is 7.01. The van der Waals surface area contributed by atoms with E-state index in [1.54, 1.807) is 13.8 Å². The zero-order valence-corrected chi connectivity index (χ0v) is 18.0. The molecule has 0 atom stereocenters. The van der Waals surface area contributed by atoms with Gasteiger partial charge in [-0.15, -0.1) is 10.2 Å². The number of nitrogens with zero attached hydrogens (tertiary/aromatic N) is 3. The fourth-order valence-electron chi connectivity index (χ4n) is 3.02. The van der Waals surface area contributed by atoms with Crippen LogP contribution in [0.1, 0.15) is 27.0 Å². The number of aromatic carboxylic acids is 1. The summed E-state index contributed by atoms with van der Waals surface area (Å²) >= 11 is 0. The largest absolute Gasteiger partial charge is 0.493 e. The highest BCUT2D eigenvalue weighted by molar-refractivity contribution is 7.86. The van der Waals surface area contributed by atoms with E-state index in [0.717, 1.165) is 0 Å². The minimum absolute atomic E-state index is 0.0186. The summed E-state index contributed by atoms with van der Waals surface area (Å²) in [5, 5.41) is 27.2. The monoisotopic (exact) mass is 459 g/mol. The van der Waals surface area contributed by atoms with Crippen molar-refractivity contribution < 1.29 is 32.5 Å². The van der Waals surface area contributed by atoms with Crippen molar-refractivity contribution in [3.63, 3.8) is 0 Å². The molecule has 166 valence electrons. The minimum atomic E-state index is -4.60. The van der Waals surface area contributed by atoms with Crippen LogP contribution in [0.3, 0.4) is 0 Å². The number of hydrogen-bond acceptors (Lipinski definition) is 7. The number of aromatic nitrogens is 2. The summed E-state index contributed by atoms with van der Waals surface area (Å²) in [6, 6.07) is 5.44. The number of nitrogens with one attached hydrogen (secondary N) is 1. The summed E-state index contributed by atoms with van der Waals surface area (Å²) in [4.78, 5) is 25.5. The van der Waals surface area contributed by atoms with E-state index in [2.05, 4.69) is 15.2 Å². The first-order valence-electron chi connectivity index (χ1n) is 9.11. The molecule has 0 amide bonds. The number of rotatable bonds is 5. The van der Waals surface area contributed by atoms with Crippen LogP contribution in [0.5, 0.6) is 5.88 Å². The third-order valence-electron chi connectivity index (χ3n) is 4.80. The van der Waals surface area contributed by atoms with Gasteiger partial charge < -0.3 is 10.2 Å². The van der Waals surface area contributed by atoms with Crippen molar-refractivity contribution in [1.82, 2.24) is 4.98 Å². The Bertz CT molecular complexity index is 1440. The van der Waals surface area contributed by atoms with Gasteiger partial charge in [0.15, 0.2) is 18.1 Å². The number of aryl methyl sites for hydroxylation is 2. The molecule has 0 unspecified atom stereocenters. The van der Waals surface area contributed by atoms with Crippen LogP contribution < -0.4 is 10.1 Å². The summed E-state index contributed by atoms with van der Waals surface area (Å²) in [6.45, 7) is 4.84. The highest BCUT2D eigenvalue weighted by Gasteiger charge is 2.24. The predicted molar refractivity (Wildman–Crippen MR) is 112 cm³/mol. The number of aromatic hydroxyl groups is 1. The standard InChI is InChI=1S/C20H18N4O7S/c1-10-7-14(15(8-11(10)2)32(29,30)31)22-23-16-12(3)17(19(26)21-18(16)25)24-6-4-5-13(9-24)20(27)28/h4-9H,1-3H3,(H3-,21,22,25,26,27,28,29,30,31)/p+1. The second kappa shape index (κ2) is 8.32. The number of azo groups is 1. The lowest BCUT2D eigenvalue weighted by molar-refractivity contribution is -0.597. The van der Waals surface area contributed by atoms with Gasteiger partial charge >= 0.3 is 11.5 Å². The number of carbonyl (C=O) groups is 1. The number of hydrogen-bond donors (Lipinski definition) is 4. The highest BCUT2D eigenvalue weighted by Crippen LogP contribution is 2.33. The van der Waals surface area contributed by atoms with Crippen LogP contribution in [-0.4, -0.2) is 34.1 Å². The normalized spacial score (nSPS) is 11.8. The van der Waals surface area contributed by atoms with Gasteiger partial charge in [0.25, 0.3) is 15.8 Å². The molecule has 0 aliphatic carbocycles. The average molecular weight is 459 g/mol. The third-order valence-corrected chi connectivity index (χ3v) is 5.68. The van der Waals surface area contributed by atoms with Gasteiger partial charge in [0.1, 0.15) is 16.1 Å². The van der Waals surface area contributed by atoms with E-state index in [-0.39, 0.29) is 28.2 Å². The predicted octanol–water partition coefficient (Wildman–Crippen LogP) is 2.64. The summed E-state index contributed by atoms with van der Waals surface area (Å²) in [5.41, 5.74) is 0.309. The molecule has 0 aliphatic rings. The number of H-pyrrole nitrogens is 1. The van der Waals surface area contributed by atoms with E-state index in [4.69, 9.17) is 0 Å². The molecule has 11 nitrogen and oxygen atoms in total. The van der Waals surface area contributed by atoms with Gasteiger partial charge in [0.2, 0.25) is 5.88 Å². The third kappa shape index (κ3) is 4.40. The Morgan fingerprint density at radius 3 is 2.41 bits per heavy atom. The van der Waals surface area contributed by atoms with Gasteiger partial charge in [-0.05, 0) is 50.1 Å². The van der Waals surface area contributed by atoms with Crippen molar-refractivity contribution in [3.05, 3.63) is 69.3 Å². The fraction of sp³-hybridized carbons (Fsp3) is 0.150.